The molecule has 0 fully saturated rings. The van der Waals surface area contributed by atoms with Gasteiger partial charge in [-0.15, -0.1) is 0 Å². The second-order valence-electron chi connectivity index (χ2n) is 3.93. The standard InChI is InChI=1S/C12H15F3N2O3/c1-7(16-11(18)17-12(13,14)15)8-4-5-9(19-2)10(6-8)20-3/h4-7H,1-3H3,(H2,16,17,18). The highest BCUT2D eigenvalue weighted by molar-refractivity contribution is 5.74. The SMILES string of the molecule is COc1ccc(C(C)NC(=O)NC(F)(F)F)cc1OC. The molecule has 0 aliphatic rings. The summed E-state index contributed by atoms with van der Waals surface area (Å²) in [6.45, 7) is 1.55. The Labute approximate surface area is 114 Å². The molecule has 1 aromatic carbocycles. The van der Waals surface area contributed by atoms with Crippen molar-refractivity contribution in [1.29, 1.82) is 0 Å². The van der Waals surface area contributed by atoms with Gasteiger partial charge in [-0.05, 0) is 24.6 Å². The zero-order valence-electron chi connectivity index (χ0n) is 11.2. The van der Waals surface area contributed by atoms with Crippen LogP contribution >= 0.6 is 0 Å². The lowest BCUT2D eigenvalue weighted by Gasteiger charge is -2.17. The van der Waals surface area contributed by atoms with Gasteiger partial charge in [0, 0.05) is 0 Å². The van der Waals surface area contributed by atoms with Crippen LogP contribution in [0.25, 0.3) is 0 Å². The Morgan fingerprint density at radius 3 is 2.30 bits per heavy atom. The molecule has 5 nitrogen and oxygen atoms in total. The summed E-state index contributed by atoms with van der Waals surface area (Å²) in [5.74, 6) is 0.915. The Morgan fingerprint density at radius 1 is 1.20 bits per heavy atom. The molecule has 0 aliphatic heterocycles. The quantitative estimate of drug-likeness (QED) is 0.839. The smallest absolute Gasteiger partial charge is 0.485 e. The van der Waals surface area contributed by atoms with E-state index in [9.17, 15) is 18.0 Å². The Morgan fingerprint density at radius 2 is 1.80 bits per heavy atom. The van der Waals surface area contributed by atoms with Crippen molar-refractivity contribution < 1.29 is 27.4 Å². The molecule has 0 spiro atoms. The fraction of sp³-hybridized carbons (Fsp3) is 0.417. The Balaban J connectivity index is 2.77. The zero-order valence-corrected chi connectivity index (χ0v) is 11.2. The Kier molecular flexibility index (Phi) is 5.06. The van der Waals surface area contributed by atoms with Crippen molar-refractivity contribution in [3.05, 3.63) is 23.8 Å². The normalized spacial score (nSPS) is 12.5. The van der Waals surface area contributed by atoms with Crippen molar-refractivity contribution >= 4 is 6.03 Å². The van der Waals surface area contributed by atoms with Crippen molar-refractivity contribution in [1.82, 2.24) is 10.6 Å². The summed E-state index contributed by atoms with van der Waals surface area (Å²) in [7, 11) is 2.91. The average Bonchev–Trinajstić information content (AvgIpc) is 2.35. The molecule has 0 aliphatic carbocycles. The van der Waals surface area contributed by atoms with Crippen LogP contribution in [0.5, 0.6) is 11.5 Å². The minimum absolute atomic E-state index is 0.426. The molecule has 8 heteroatoms. The number of ether oxygens (including phenoxy) is 2. The van der Waals surface area contributed by atoms with E-state index >= 15 is 0 Å². The van der Waals surface area contributed by atoms with E-state index in [2.05, 4.69) is 5.32 Å². The van der Waals surface area contributed by atoms with Crippen LogP contribution in [0.1, 0.15) is 18.5 Å². The highest BCUT2D eigenvalue weighted by Gasteiger charge is 2.30. The van der Waals surface area contributed by atoms with Crippen molar-refractivity contribution in [2.75, 3.05) is 14.2 Å². The molecule has 20 heavy (non-hydrogen) atoms. The van der Waals surface area contributed by atoms with Crippen LogP contribution in [0.15, 0.2) is 18.2 Å². The first kappa shape index (κ1) is 15.9. The topological polar surface area (TPSA) is 59.6 Å². The van der Waals surface area contributed by atoms with Gasteiger partial charge in [-0.25, -0.2) is 10.1 Å². The van der Waals surface area contributed by atoms with E-state index in [1.807, 2.05) is 0 Å². The molecule has 1 rings (SSSR count). The van der Waals surface area contributed by atoms with Crippen LogP contribution in [-0.2, 0) is 0 Å². The van der Waals surface area contributed by atoms with Gasteiger partial charge in [-0.3, -0.25) is 0 Å². The summed E-state index contributed by atoms with van der Waals surface area (Å²) >= 11 is 0. The third-order valence-corrected chi connectivity index (χ3v) is 2.51. The van der Waals surface area contributed by atoms with E-state index in [0.717, 1.165) is 5.32 Å². The van der Waals surface area contributed by atoms with E-state index in [1.165, 1.54) is 14.2 Å². The van der Waals surface area contributed by atoms with E-state index in [4.69, 9.17) is 9.47 Å². The van der Waals surface area contributed by atoms with Gasteiger partial charge in [0.25, 0.3) is 0 Å². The van der Waals surface area contributed by atoms with Gasteiger partial charge in [-0.2, -0.15) is 13.2 Å². The number of carbonyl (C=O) groups excluding carboxylic acids is 1. The summed E-state index contributed by atoms with van der Waals surface area (Å²) in [6.07, 6.45) is -4.76. The molecule has 2 N–H and O–H groups in total. The lowest BCUT2D eigenvalue weighted by atomic mass is 10.1. The Bertz CT molecular complexity index is 478. The summed E-state index contributed by atoms with van der Waals surface area (Å²) in [4.78, 5) is 11.1. The summed E-state index contributed by atoms with van der Waals surface area (Å²) in [5.41, 5.74) is 0.583. The highest BCUT2D eigenvalue weighted by atomic mass is 19.4. The molecule has 0 radical (unpaired) electrons. The number of rotatable bonds is 4. The molecule has 1 atom stereocenters. The molecule has 112 valence electrons. The first-order valence-electron chi connectivity index (χ1n) is 5.64. The lowest BCUT2D eigenvalue weighted by molar-refractivity contribution is -0.145. The van der Waals surface area contributed by atoms with Gasteiger partial charge < -0.3 is 14.8 Å². The largest absolute Gasteiger partial charge is 0.493 e. The molecule has 0 bridgehead atoms. The number of carbonyl (C=O) groups is 1. The molecular weight excluding hydrogens is 277 g/mol. The van der Waals surface area contributed by atoms with Crippen LogP contribution in [0.3, 0.4) is 0 Å². The second-order valence-corrected chi connectivity index (χ2v) is 3.93. The molecule has 1 aromatic rings. The number of hydrogen-bond acceptors (Lipinski definition) is 3. The van der Waals surface area contributed by atoms with Crippen LogP contribution in [0.4, 0.5) is 18.0 Å². The van der Waals surface area contributed by atoms with Gasteiger partial charge in [0.1, 0.15) is 0 Å². The molecular formula is C12H15F3N2O3. The first-order valence-corrected chi connectivity index (χ1v) is 5.64. The van der Waals surface area contributed by atoms with Gasteiger partial charge in [0.2, 0.25) is 0 Å². The van der Waals surface area contributed by atoms with Crippen LogP contribution in [0.2, 0.25) is 0 Å². The highest BCUT2D eigenvalue weighted by Crippen LogP contribution is 2.29. The summed E-state index contributed by atoms with van der Waals surface area (Å²) in [5, 5.41) is 3.04. The first-order chi connectivity index (χ1) is 9.26. The van der Waals surface area contributed by atoms with Gasteiger partial charge in [0.15, 0.2) is 11.5 Å². The third kappa shape index (κ3) is 4.52. The van der Waals surface area contributed by atoms with Crippen molar-refractivity contribution in [2.24, 2.45) is 0 Å². The average molecular weight is 292 g/mol. The van der Waals surface area contributed by atoms with Crippen LogP contribution < -0.4 is 20.1 Å². The van der Waals surface area contributed by atoms with Crippen LogP contribution in [0, 0.1) is 0 Å². The molecule has 1 unspecified atom stereocenters. The van der Waals surface area contributed by atoms with E-state index in [0.29, 0.717) is 17.1 Å². The maximum Gasteiger partial charge on any atom is 0.485 e. The van der Waals surface area contributed by atoms with E-state index < -0.39 is 18.4 Å². The lowest BCUT2D eigenvalue weighted by Crippen LogP contribution is -2.44. The number of alkyl halides is 3. The van der Waals surface area contributed by atoms with E-state index in [1.54, 1.807) is 25.1 Å². The van der Waals surface area contributed by atoms with Crippen molar-refractivity contribution in [3.63, 3.8) is 0 Å². The predicted octanol–water partition coefficient (Wildman–Crippen LogP) is 2.58. The summed E-state index contributed by atoms with van der Waals surface area (Å²) < 4.78 is 46.0. The predicted molar refractivity (Wildman–Crippen MR) is 65.7 cm³/mol. The number of hydrogen-bond donors (Lipinski definition) is 2. The maximum absolute atomic E-state index is 12.0. The fourth-order valence-corrected chi connectivity index (χ4v) is 1.57. The third-order valence-electron chi connectivity index (χ3n) is 2.51. The maximum atomic E-state index is 12.0. The molecule has 0 heterocycles. The Hall–Kier alpha value is -2.12. The number of halogens is 3. The zero-order chi connectivity index (χ0) is 15.3. The second kappa shape index (κ2) is 6.36. The number of methoxy groups -OCH3 is 2. The number of urea groups is 1. The van der Waals surface area contributed by atoms with Gasteiger partial charge in [-0.1, -0.05) is 6.07 Å². The number of nitrogens with one attached hydrogen (secondary N) is 2. The monoisotopic (exact) mass is 292 g/mol. The van der Waals surface area contributed by atoms with Crippen molar-refractivity contribution in [3.8, 4) is 11.5 Å². The fourth-order valence-electron chi connectivity index (χ4n) is 1.57. The summed E-state index contributed by atoms with van der Waals surface area (Å²) in [6, 6.07) is 2.86. The molecule has 0 saturated heterocycles. The molecule has 0 aromatic heterocycles. The molecule has 0 saturated carbocycles. The van der Waals surface area contributed by atoms with Crippen LogP contribution in [-0.4, -0.2) is 26.6 Å². The number of amides is 2. The van der Waals surface area contributed by atoms with Crippen molar-refractivity contribution in [2.45, 2.75) is 19.3 Å². The number of benzene rings is 1. The van der Waals surface area contributed by atoms with Gasteiger partial charge in [0.05, 0.1) is 20.3 Å². The molecule has 2 amide bonds. The van der Waals surface area contributed by atoms with E-state index in [-0.39, 0.29) is 0 Å². The minimum atomic E-state index is -4.76. The van der Waals surface area contributed by atoms with Gasteiger partial charge >= 0.3 is 12.3 Å². The minimum Gasteiger partial charge on any atom is -0.493 e.